The molecule has 0 fully saturated rings. The highest BCUT2D eigenvalue weighted by Gasteiger charge is 2.17. The van der Waals surface area contributed by atoms with Gasteiger partial charge in [-0.3, -0.25) is 9.78 Å². The molecule has 0 amide bonds. The van der Waals surface area contributed by atoms with Crippen LogP contribution in [0.4, 0.5) is 4.39 Å². The van der Waals surface area contributed by atoms with E-state index < -0.39 is 11.4 Å². The van der Waals surface area contributed by atoms with Gasteiger partial charge in [-0.2, -0.15) is 0 Å². The number of halogens is 3. The summed E-state index contributed by atoms with van der Waals surface area (Å²) in [7, 11) is 0. The Kier molecular flexibility index (Phi) is 3.05. The van der Waals surface area contributed by atoms with Gasteiger partial charge in [0.15, 0.2) is 11.0 Å². The van der Waals surface area contributed by atoms with Gasteiger partial charge in [0.25, 0.3) is 5.56 Å². The van der Waals surface area contributed by atoms with Crippen LogP contribution in [0.1, 0.15) is 0 Å². The van der Waals surface area contributed by atoms with E-state index in [9.17, 15) is 9.18 Å². The van der Waals surface area contributed by atoms with Gasteiger partial charge < -0.3 is 0 Å². The molecule has 0 unspecified atom stereocenters. The lowest BCUT2D eigenvalue weighted by Gasteiger charge is -2.04. The Morgan fingerprint density at radius 3 is 2.69 bits per heavy atom. The molecule has 8 heteroatoms. The van der Waals surface area contributed by atoms with Crippen molar-refractivity contribution in [1.82, 2.24) is 15.0 Å². The van der Waals surface area contributed by atoms with E-state index in [1.807, 2.05) is 0 Å². The molecule has 0 atom stereocenters. The molecule has 2 aromatic rings. The number of thioether (sulfide) groups is 1. The van der Waals surface area contributed by atoms with E-state index in [1.165, 1.54) is 11.8 Å². The van der Waals surface area contributed by atoms with Gasteiger partial charge in [-0.15, -0.1) is 11.8 Å². The van der Waals surface area contributed by atoms with Gasteiger partial charge in [-0.05, 0) is 17.9 Å². The summed E-state index contributed by atoms with van der Waals surface area (Å²) in [6.45, 7) is 0. The molecule has 0 aliphatic heterocycles. The summed E-state index contributed by atoms with van der Waals surface area (Å²) in [6, 6.07) is 0. The fraction of sp³-hybridized carbons (Fsp3) is 0.125. The number of rotatable bonds is 1. The summed E-state index contributed by atoms with van der Waals surface area (Å²) < 4.78 is 13.6. The van der Waals surface area contributed by atoms with Gasteiger partial charge in [-0.25, -0.2) is 14.4 Å². The topological polar surface area (TPSA) is 58.6 Å². The minimum absolute atomic E-state index is 0.0544. The van der Waals surface area contributed by atoms with Crippen molar-refractivity contribution in [3.8, 4) is 0 Å². The maximum absolute atomic E-state index is 13.6. The third-order valence-electron chi connectivity index (χ3n) is 1.89. The van der Waals surface area contributed by atoms with Crippen molar-refractivity contribution in [2.24, 2.45) is 0 Å². The van der Waals surface area contributed by atoms with Crippen LogP contribution >= 0.6 is 35.0 Å². The second kappa shape index (κ2) is 4.20. The van der Waals surface area contributed by atoms with E-state index in [-0.39, 0.29) is 21.3 Å². The first-order valence-electron chi connectivity index (χ1n) is 4.03. The van der Waals surface area contributed by atoms with Crippen molar-refractivity contribution in [3.63, 3.8) is 0 Å². The molecular formula is C8H4Cl2FN3OS. The molecule has 84 valence electrons. The second-order valence-electron chi connectivity index (χ2n) is 2.81. The summed E-state index contributed by atoms with van der Waals surface area (Å²) >= 11 is 12.3. The Morgan fingerprint density at radius 1 is 1.38 bits per heavy atom. The van der Waals surface area contributed by atoms with Crippen molar-refractivity contribution in [2.45, 2.75) is 5.03 Å². The van der Waals surface area contributed by atoms with Crippen LogP contribution in [-0.4, -0.2) is 21.2 Å². The summed E-state index contributed by atoms with van der Waals surface area (Å²) in [6.07, 6.45) is 1.70. The third kappa shape index (κ3) is 1.77. The van der Waals surface area contributed by atoms with Crippen LogP contribution < -0.4 is 5.56 Å². The average molecular weight is 280 g/mol. The van der Waals surface area contributed by atoms with Gasteiger partial charge in [-0.1, -0.05) is 11.6 Å². The molecule has 0 bridgehead atoms. The molecule has 0 aromatic carbocycles. The molecule has 2 aromatic heterocycles. The second-order valence-corrected chi connectivity index (χ2v) is 4.32. The molecule has 0 saturated heterocycles. The predicted octanol–water partition coefficient (Wildman–Crippen LogP) is 2.49. The number of nitrogens with one attached hydrogen (secondary N) is 1. The van der Waals surface area contributed by atoms with E-state index in [0.29, 0.717) is 5.03 Å². The number of aromatic nitrogens is 3. The molecular weight excluding hydrogens is 276 g/mol. The monoisotopic (exact) mass is 279 g/mol. The highest BCUT2D eigenvalue weighted by Crippen LogP contribution is 2.27. The van der Waals surface area contributed by atoms with Crippen molar-refractivity contribution in [2.75, 3.05) is 6.26 Å². The van der Waals surface area contributed by atoms with Gasteiger partial charge in [0.2, 0.25) is 5.28 Å². The molecule has 0 aliphatic rings. The standard InChI is InChI=1S/C8H4Cl2FN3OS/c1-16-7-2-4(3(11)5(9)13-7)12-8(10)14-6(2)15/h1H3,(H,12,14,15). The van der Waals surface area contributed by atoms with E-state index in [1.54, 1.807) is 6.26 Å². The van der Waals surface area contributed by atoms with Crippen molar-refractivity contribution in [3.05, 3.63) is 26.6 Å². The van der Waals surface area contributed by atoms with E-state index in [0.717, 1.165) is 0 Å². The molecule has 2 heterocycles. The number of hydrogen-bond donors (Lipinski definition) is 1. The summed E-state index contributed by atoms with van der Waals surface area (Å²) in [4.78, 5) is 21.3. The van der Waals surface area contributed by atoms with Crippen LogP contribution in [0.3, 0.4) is 0 Å². The minimum atomic E-state index is -0.845. The van der Waals surface area contributed by atoms with Crippen molar-refractivity contribution in [1.29, 1.82) is 0 Å². The SMILES string of the molecule is CSc1nc(Cl)c(F)c2nc(Cl)[nH]c(=O)c12. The maximum atomic E-state index is 13.6. The van der Waals surface area contributed by atoms with Gasteiger partial charge in [0.05, 0.1) is 0 Å². The Bertz CT molecular complexity index is 631. The van der Waals surface area contributed by atoms with Gasteiger partial charge in [0.1, 0.15) is 15.9 Å². The minimum Gasteiger partial charge on any atom is -0.297 e. The smallest absolute Gasteiger partial charge is 0.262 e. The zero-order chi connectivity index (χ0) is 11.9. The third-order valence-corrected chi connectivity index (χ3v) is 3.00. The molecule has 0 radical (unpaired) electrons. The van der Waals surface area contributed by atoms with Crippen LogP contribution in [0.25, 0.3) is 10.9 Å². The van der Waals surface area contributed by atoms with Crippen LogP contribution in [-0.2, 0) is 0 Å². The maximum Gasteiger partial charge on any atom is 0.262 e. The Hall–Kier alpha value is -0.850. The Labute approximate surface area is 103 Å². The van der Waals surface area contributed by atoms with Gasteiger partial charge in [0, 0.05) is 0 Å². The molecule has 0 aliphatic carbocycles. The lowest BCUT2D eigenvalue weighted by Crippen LogP contribution is -2.11. The quantitative estimate of drug-likeness (QED) is 0.495. The fourth-order valence-electron chi connectivity index (χ4n) is 1.24. The van der Waals surface area contributed by atoms with E-state index in [4.69, 9.17) is 23.2 Å². The fourth-order valence-corrected chi connectivity index (χ4v) is 2.21. The highest BCUT2D eigenvalue weighted by atomic mass is 35.5. The lowest BCUT2D eigenvalue weighted by molar-refractivity contribution is 0.628. The molecule has 0 saturated carbocycles. The van der Waals surface area contributed by atoms with Crippen LogP contribution in [0.15, 0.2) is 9.82 Å². The molecule has 1 N–H and O–H groups in total. The molecule has 4 nitrogen and oxygen atoms in total. The molecule has 2 rings (SSSR count). The number of hydrogen-bond acceptors (Lipinski definition) is 4. The normalized spacial score (nSPS) is 11.0. The first-order chi connectivity index (χ1) is 7.54. The summed E-state index contributed by atoms with van der Waals surface area (Å²) in [5, 5.41) is -0.151. The van der Waals surface area contributed by atoms with Crippen molar-refractivity contribution < 1.29 is 4.39 Å². The highest BCUT2D eigenvalue weighted by molar-refractivity contribution is 7.98. The lowest BCUT2D eigenvalue weighted by atomic mass is 10.3. The van der Waals surface area contributed by atoms with Crippen LogP contribution in [0.5, 0.6) is 0 Å². The summed E-state index contributed by atoms with van der Waals surface area (Å²) in [5.41, 5.74) is -0.708. The number of H-pyrrole nitrogens is 1. The zero-order valence-electron chi connectivity index (χ0n) is 7.84. The molecule has 16 heavy (non-hydrogen) atoms. The van der Waals surface area contributed by atoms with E-state index >= 15 is 0 Å². The largest absolute Gasteiger partial charge is 0.297 e. The number of fused-ring (bicyclic) bond motifs is 1. The van der Waals surface area contributed by atoms with Gasteiger partial charge >= 0.3 is 0 Å². The van der Waals surface area contributed by atoms with Crippen LogP contribution in [0, 0.1) is 5.82 Å². The first kappa shape index (κ1) is 11.6. The average Bonchev–Trinajstić information content (AvgIpc) is 2.23. The van der Waals surface area contributed by atoms with Crippen LogP contribution in [0.2, 0.25) is 10.4 Å². The Balaban J connectivity index is 3.05. The number of pyridine rings is 1. The number of aromatic amines is 1. The Morgan fingerprint density at radius 2 is 2.06 bits per heavy atom. The molecule has 0 spiro atoms. The number of nitrogens with zero attached hydrogens (tertiary/aromatic N) is 2. The first-order valence-corrected chi connectivity index (χ1v) is 6.01. The van der Waals surface area contributed by atoms with E-state index in [2.05, 4.69) is 15.0 Å². The predicted molar refractivity (Wildman–Crippen MR) is 61.9 cm³/mol. The zero-order valence-corrected chi connectivity index (χ0v) is 10.2. The summed E-state index contributed by atoms with van der Waals surface area (Å²) in [5.74, 6) is -0.845. The van der Waals surface area contributed by atoms with Crippen molar-refractivity contribution >= 4 is 45.9 Å².